The predicted octanol–water partition coefficient (Wildman–Crippen LogP) is 5.13. The topological polar surface area (TPSA) is 69.0 Å². The zero-order chi connectivity index (χ0) is 22.6. The lowest BCUT2D eigenvalue weighted by molar-refractivity contribution is -0.274. The molecule has 0 saturated heterocycles. The fraction of sp³-hybridized carbons (Fsp3) is 0.136. The van der Waals surface area contributed by atoms with Crippen molar-refractivity contribution >= 4 is 22.4 Å². The Hall–Kier alpha value is -3.66. The van der Waals surface area contributed by atoms with Crippen molar-refractivity contribution in [1.82, 2.24) is 14.8 Å². The van der Waals surface area contributed by atoms with Crippen LogP contribution in [-0.2, 0) is 13.0 Å². The van der Waals surface area contributed by atoms with Gasteiger partial charge in [0, 0.05) is 35.5 Å². The second-order valence-corrected chi connectivity index (χ2v) is 7.97. The van der Waals surface area contributed by atoms with Gasteiger partial charge in [-0.2, -0.15) is 5.10 Å². The Kier molecular flexibility index (Phi) is 6.22. The van der Waals surface area contributed by atoms with Crippen LogP contribution in [0, 0.1) is 0 Å². The Labute approximate surface area is 185 Å². The van der Waals surface area contributed by atoms with Crippen LogP contribution in [0.15, 0.2) is 73.2 Å². The molecule has 0 radical (unpaired) electrons. The fourth-order valence-electron chi connectivity index (χ4n) is 2.97. The largest absolute Gasteiger partial charge is 0.573 e. The van der Waals surface area contributed by atoms with E-state index < -0.39 is 6.36 Å². The van der Waals surface area contributed by atoms with Crippen molar-refractivity contribution in [3.63, 3.8) is 0 Å². The lowest BCUT2D eigenvalue weighted by Gasteiger charge is -2.08. The van der Waals surface area contributed by atoms with Crippen LogP contribution in [0.4, 0.5) is 18.3 Å². The second-order valence-electron chi connectivity index (χ2n) is 6.85. The molecule has 1 amide bonds. The summed E-state index contributed by atoms with van der Waals surface area (Å²) in [5, 5.41) is 7.37. The number of alkyl halides is 3. The molecule has 0 bridgehead atoms. The van der Waals surface area contributed by atoms with Gasteiger partial charge in [0.2, 0.25) is 0 Å². The quantitative estimate of drug-likeness (QED) is 0.417. The van der Waals surface area contributed by atoms with Crippen LogP contribution in [0.5, 0.6) is 5.75 Å². The minimum Gasteiger partial charge on any atom is -0.406 e. The molecule has 2 aromatic carbocycles. The summed E-state index contributed by atoms with van der Waals surface area (Å²) in [4.78, 5) is 17.6. The number of carbonyl (C=O) groups excluding carboxylic acids is 1. The normalized spacial score (nSPS) is 11.3. The third kappa shape index (κ3) is 5.94. The summed E-state index contributed by atoms with van der Waals surface area (Å²) in [7, 11) is 0. The Morgan fingerprint density at radius 3 is 2.44 bits per heavy atom. The molecule has 4 rings (SSSR count). The van der Waals surface area contributed by atoms with Crippen LogP contribution in [-0.4, -0.2) is 27.0 Å². The van der Waals surface area contributed by atoms with E-state index in [4.69, 9.17) is 0 Å². The van der Waals surface area contributed by atoms with Gasteiger partial charge in [0.05, 0.1) is 6.54 Å². The third-order valence-corrected chi connectivity index (χ3v) is 5.34. The van der Waals surface area contributed by atoms with Gasteiger partial charge in [-0.3, -0.25) is 14.8 Å². The van der Waals surface area contributed by atoms with Crippen LogP contribution in [0.25, 0.3) is 0 Å². The average molecular weight is 458 g/mol. The van der Waals surface area contributed by atoms with Crippen LogP contribution in [0.2, 0.25) is 0 Å². The fourth-order valence-corrected chi connectivity index (χ4v) is 3.81. The van der Waals surface area contributed by atoms with Crippen molar-refractivity contribution in [2.75, 3.05) is 5.32 Å². The van der Waals surface area contributed by atoms with Gasteiger partial charge < -0.3 is 4.74 Å². The van der Waals surface area contributed by atoms with Crippen LogP contribution in [0.3, 0.4) is 0 Å². The molecule has 4 aromatic rings. The molecular weight excluding hydrogens is 441 g/mol. The number of nitrogens with zero attached hydrogens (tertiary/aromatic N) is 3. The van der Waals surface area contributed by atoms with E-state index in [0.717, 1.165) is 16.0 Å². The van der Waals surface area contributed by atoms with Crippen LogP contribution < -0.4 is 10.1 Å². The molecule has 0 fully saturated rings. The van der Waals surface area contributed by atoms with Gasteiger partial charge in [-0.25, -0.2) is 4.98 Å². The van der Waals surface area contributed by atoms with E-state index in [1.54, 1.807) is 41.3 Å². The van der Waals surface area contributed by atoms with Crippen molar-refractivity contribution in [2.24, 2.45) is 0 Å². The summed E-state index contributed by atoms with van der Waals surface area (Å²) >= 11 is 1.30. The molecule has 1 N–H and O–H groups in total. The summed E-state index contributed by atoms with van der Waals surface area (Å²) in [6, 6.07) is 14.7. The monoisotopic (exact) mass is 458 g/mol. The number of ether oxygens (including phenoxy) is 1. The number of amides is 1. The van der Waals surface area contributed by atoms with Gasteiger partial charge in [0.25, 0.3) is 5.91 Å². The average Bonchev–Trinajstić information content (AvgIpc) is 3.41. The number of rotatable bonds is 7. The number of nitrogens with one attached hydrogen (secondary N) is 1. The molecule has 32 heavy (non-hydrogen) atoms. The van der Waals surface area contributed by atoms with E-state index in [1.165, 1.54) is 23.5 Å². The van der Waals surface area contributed by atoms with Gasteiger partial charge in [-0.15, -0.1) is 24.5 Å². The summed E-state index contributed by atoms with van der Waals surface area (Å²) in [6.07, 6.45) is 0.967. The first-order chi connectivity index (χ1) is 15.3. The molecule has 0 atom stereocenters. The number of benzene rings is 2. The molecule has 0 aliphatic heterocycles. The zero-order valence-electron chi connectivity index (χ0n) is 16.5. The molecule has 0 unspecified atom stereocenters. The molecule has 0 aliphatic carbocycles. The number of anilines is 1. The molecule has 0 aliphatic rings. The number of hydrogen-bond donors (Lipinski definition) is 1. The van der Waals surface area contributed by atoms with Crippen LogP contribution >= 0.6 is 11.3 Å². The maximum absolute atomic E-state index is 12.5. The van der Waals surface area contributed by atoms with E-state index in [9.17, 15) is 18.0 Å². The number of halogens is 3. The Morgan fingerprint density at radius 1 is 1.06 bits per heavy atom. The lowest BCUT2D eigenvalue weighted by atomic mass is 10.1. The maximum Gasteiger partial charge on any atom is 0.573 e. The molecule has 0 saturated carbocycles. The van der Waals surface area contributed by atoms with Gasteiger partial charge in [0.15, 0.2) is 5.13 Å². The van der Waals surface area contributed by atoms with Gasteiger partial charge in [-0.1, -0.05) is 24.3 Å². The molecule has 2 heterocycles. The van der Waals surface area contributed by atoms with E-state index >= 15 is 0 Å². The Balaban J connectivity index is 1.33. The SMILES string of the molecule is O=C(Nc1ncc(Cc2ccc(OC(F)(F)F)cc2)s1)c1ccc(Cn2cccn2)cc1. The number of hydrogen-bond acceptors (Lipinski definition) is 5. The summed E-state index contributed by atoms with van der Waals surface area (Å²) in [5.74, 6) is -0.542. The molecule has 164 valence electrons. The van der Waals surface area contributed by atoms with E-state index in [2.05, 4.69) is 20.1 Å². The standard InChI is InChI=1S/C22H17F3N4O2S/c23-22(24,25)31-18-8-4-15(5-9-18)12-19-13-26-21(32-19)28-20(30)17-6-2-16(3-7-17)14-29-11-1-10-27-29/h1-11,13H,12,14H2,(H,26,28,30). The zero-order valence-corrected chi connectivity index (χ0v) is 17.4. The molecule has 6 nitrogen and oxygen atoms in total. The molecule has 10 heteroatoms. The highest BCUT2D eigenvalue weighted by Gasteiger charge is 2.30. The third-order valence-electron chi connectivity index (χ3n) is 4.43. The predicted molar refractivity (Wildman–Crippen MR) is 114 cm³/mol. The van der Waals surface area contributed by atoms with Gasteiger partial charge >= 0.3 is 6.36 Å². The lowest BCUT2D eigenvalue weighted by Crippen LogP contribution is -2.17. The minimum absolute atomic E-state index is 0.269. The highest BCUT2D eigenvalue weighted by Crippen LogP contribution is 2.25. The minimum atomic E-state index is -4.72. The number of aromatic nitrogens is 3. The number of carbonyl (C=O) groups is 1. The Morgan fingerprint density at radius 2 is 1.78 bits per heavy atom. The van der Waals surface area contributed by atoms with Crippen molar-refractivity contribution in [1.29, 1.82) is 0 Å². The van der Waals surface area contributed by atoms with E-state index in [-0.39, 0.29) is 11.7 Å². The van der Waals surface area contributed by atoms with E-state index in [1.807, 2.05) is 24.4 Å². The van der Waals surface area contributed by atoms with Gasteiger partial charge in [0.1, 0.15) is 5.75 Å². The maximum atomic E-state index is 12.5. The van der Waals surface area contributed by atoms with E-state index in [0.29, 0.717) is 23.7 Å². The molecular formula is C22H17F3N4O2S. The summed E-state index contributed by atoms with van der Waals surface area (Å²) in [6.45, 7) is 0.619. The highest BCUT2D eigenvalue weighted by molar-refractivity contribution is 7.15. The van der Waals surface area contributed by atoms with Crippen molar-refractivity contribution < 1.29 is 22.7 Å². The molecule has 0 spiro atoms. The number of thiazole rings is 1. The van der Waals surface area contributed by atoms with Crippen LogP contribution in [0.1, 0.15) is 26.4 Å². The molecule has 2 aromatic heterocycles. The first-order valence-electron chi connectivity index (χ1n) is 9.51. The first kappa shape index (κ1) is 21.6. The Bertz CT molecular complexity index is 1170. The summed E-state index contributed by atoms with van der Waals surface area (Å²) in [5.41, 5.74) is 2.33. The highest BCUT2D eigenvalue weighted by atomic mass is 32.1. The second kappa shape index (κ2) is 9.23. The first-order valence-corrected chi connectivity index (χ1v) is 10.3. The smallest absolute Gasteiger partial charge is 0.406 e. The van der Waals surface area contributed by atoms with Gasteiger partial charge in [-0.05, 0) is 41.5 Å². The van der Waals surface area contributed by atoms with Crippen molar-refractivity contribution in [3.8, 4) is 5.75 Å². The summed E-state index contributed by atoms with van der Waals surface area (Å²) < 4.78 is 42.4. The van der Waals surface area contributed by atoms with Crippen molar-refractivity contribution in [2.45, 2.75) is 19.3 Å². The van der Waals surface area contributed by atoms with Crippen molar-refractivity contribution in [3.05, 3.63) is 94.8 Å².